The van der Waals surface area contributed by atoms with Gasteiger partial charge >= 0.3 is 0 Å². The molecule has 18 heavy (non-hydrogen) atoms. The Morgan fingerprint density at radius 2 is 1.11 bits per heavy atom. The van der Waals surface area contributed by atoms with Crippen LogP contribution in [-0.2, 0) is 9.78 Å². The lowest BCUT2D eigenvalue weighted by Crippen LogP contribution is -2.19. The molecule has 0 aliphatic rings. The first-order chi connectivity index (χ1) is 8.56. The van der Waals surface area contributed by atoms with Gasteiger partial charge in [-0.25, -0.2) is 9.78 Å². The first kappa shape index (κ1) is 17.9. The van der Waals surface area contributed by atoms with Crippen LogP contribution in [-0.4, -0.2) is 12.2 Å². The molecule has 0 aromatic heterocycles. The quantitative estimate of drug-likeness (QED) is 0.256. The number of hydrogen-bond acceptors (Lipinski definition) is 2. The molecule has 0 amide bonds. The highest BCUT2D eigenvalue weighted by Gasteiger charge is 2.10. The Kier molecular flexibility index (Phi) is 11.9. The average molecular weight is 258 g/mol. The molecule has 0 spiro atoms. The van der Waals surface area contributed by atoms with Gasteiger partial charge in [-0.2, -0.15) is 0 Å². The van der Waals surface area contributed by atoms with Crippen molar-refractivity contribution in [1.29, 1.82) is 0 Å². The Balaban J connectivity index is 2.99. The maximum atomic E-state index is 5.21. The van der Waals surface area contributed by atoms with E-state index < -0.39 is 0 Å². The van der Waals surface area contributed by atoms with Crippen LogP contribution in [0.4, 0.5) is 0 Å². The molecule has 0 aliphatic heterocycles. The van der Waals surface area contributed by atoms with Gasteiger partial charge < -0.3 is 0 Å². The Labute approximate surface area is 114 Å². The van der Waals surface area contributed by atoms with E-state index in [2.05, 4.69) is 6.92 Å². The van der Waals surface area contributed by atoms with Crippen LogP contribution in [0.15, 0.2) is 0 Å². The lowest BCUT2D eigenvalue weighted by atomic mass is 10.1. The molecule has 0 atom stereocenters. The van der Waals surface area contributed by atoms with Crippen LogP contribution in [0.5, 0.6) is 0 Å². The second-order valence-electron chi connectivity index (χ2n) is 6.20. The molecule has 0 N–H and O–H groups in total. The van der Waals surface area contributed by atoms with E-state index in [1.54, 1.807) is 0 Å². The van der Waals surface area contributed by atoms with Gasteiger partial charge in [0, 0.05) is 0 Å². The number of rotatable bonds is 12. The van der Waals surface area contributed by atoms with E-state index in [-0.39, 0.29) is 5.60 Å². The second kappa shape index (κ2) is 12.0. The van der Waals surface area contributed by atoms with Crippen LogP contribution < -0.4 is 0 Å². The SMILES string of the molecule is CCCCCCCCCCCCOOC(C)(C)C. The Bertz CT molecular complexity index is 161. The fourth-order valence-electron chi connectivity index (χ4n) is 1.87. The molecule has 2 heteroatoms. The molecule has 0 bridgehead atoms. The molecule has 110 valence electrons. The molecule has 0 rings (SSSR count). The highest BCUT2D eigenvalue weighted by Crippen LogP contribution is 2.11. The minimum Gasteiger partial charge on any atom is -0.236 e. The van der Waals surface area contributed by atoms with Crippen molar-refractivity contribution in [3.8, 4) is 0 Å². The zero-order valence-electron chi connectivity index (χ0n) is 13.1. The Morgan fingerprint density at radius 3 is 1.56 bits per heavy atom. The summed E-state index contributed by atoms with van der Waals surface area (Å²) in [5, 5.41) is 0. The molecule has 0 saturated carbocycles. The minimum atomic E-state index is -0.182. The molecule has 0 heterocycles. The Hall–Kier alpha value is -0.0800. The third-order valence-electron chi connectivity index (χ3n) is 2.89. The van der Waals surface area contributed by atoms with Crippen LogP contribution in [0.1, 0.15) is 91.9 Å². The van der Waals surface area contributed by atoms with E-state index in [0.717, 1.165) is 13.0 Å². The van der Waals surface area contributed by atoms with Crippen LogP contribution in [0.2, 0.25) is 0 Å². The summed E-state index contributed by atoms with van der Waals surface area (Å²) < 4.78 is 0. The summed E-state index contributed by atoms with van der Waals surface area (Å²) in [7, 11) is 0. The van der Waals surface area contributed by atoms with Crippen LogP contribution >= 0.6 is 0 Å². The molecule has 0 aromatic carbocycles. The molecule has 0 unspecified atom stereocenters. The first-order valence-corrected chi connectivity index (χ1v) is 7.87. The standard InChI is InChI=1S/C16H34O2/c1-5-6-7-8-9-10-11-12-13-14-15-17-18-16(2,3)4/h5-15H2,1-4H3. The largest absolute Gasteiger partial charge is 0.236 e. The third-order valence-corrected chi connectivity index (χ3v) is 2.89. The number of unbranched alkanes of at least 4 members (excludes halogenated alkanes) is 9. The highest BCUT2D eigenvalue weighted by atomic mass is 17.2. The van der Waals surface area contributed by atoms with Crippen molar-refractivity contribution in [2.75, 3.05) is 6.61 Å². The van der Waals surface area contributed by atoms with Gasteiger partial charge in [0.1, 0.15) is 0 Å². The lowest BCUT2D eigenvalue weighted by molar-refractivity contribution is -0.348. The normalized spacial score (nSPS) is 12.0. The molecule has 2 nitrogen and oxygen atoms in total. The predicted octanol–water partition coefficient (Wildman–Crippen LogP) is 5.65. The van der Waals surface area contributed by atoms with E-state index in [4.69, 9.17) is 9.78 Å². The van der Waals surface area contributed by atoms with Crippen molar-refractivity contribution in [3.63, 3.8) is 0 Å². The first-order valence-electron chi connectivity index (χ1n) is 7.87. The minimum absolute atomic E-state index is 0.182. The van der Waals surface area contributed by atoms with Crippen molar-refractivity contribution >= 4 is 0 Å². The smallest absolute Gasteiger partial charge is 0.0952 e. The lowest BCUT2D eigenvalue weighted by Gasteiger charge is -2.17. The van der Waals surface area contributed by atoms with E-state index in [9.17, 15) is 0 Å². The van der Waals surface area contributed by atoms with Crippen LogP contribution in [0.25, 0.3) is 0 Å². The van der Waals surface area contributed by atoms with E-state index in [0.29, 0.717) is 0 Å². The van der Waals surface area contributed by atoms with Crippen molar-refractivity contribution in [2.24, 2.45) is 0 Å². The maximum Gasteiger partial charge on any atom is 0.0952 e. The number of hydrogen-bond donors (Lipinski definition) is 0. The van der Waals surface area contributed by atoms with E-state index >= 15 is 0 Å². The summed E-state index contributed by atoms with van der Waals surface area (Å²) in [5.74, 6) is 0. The van der Waals surface area contributed by atoms with Gasteiger partial charge in [-0.15, -0.1) is 0 Å². The second-order valence-corrected chi connectivity index (χ2v) is 6.20. The maximum absolute atomic E-state index is 5.21. The predicted molar refractivity (Wildman–Crippen MR) is 78.6 cm³/mol. The third kappa shape index (κ3) is 15.9. The molecular formula is C16H34O2. The molecule has 0 aliphatic carbocycles. The zero-order chi connectivity index (χ0) is 13.7. The summed E-state index contributed by atoms with van der Waals surface area (Å²) >= 11 is 0. The van der Waals surface area contributed by atoms with E-state index in [1.807, 2.05) is 20.8 Å². The van der Waals surface area contributed by atoms with Gasteiger partial charge in [-0.1, -0.05) is 64.7 Å². The fraction of sp³-hybridized carbons (Fsp3) is 1.00. The van der Waals surface area contributed by atoms with Crippen molar-refractivity contribution in [2.45, 2.75) is 97.5 Å². The summed E-state index contributed by atoms with van der Waals surface area (Å²) in [6, 6.07) is 0. The van der Waals surface area contributed by atoms with Crippen molar-refractivity contribution < 1.29 is 9.78 Å². The monoisotopic (exact) mass is 258 g/mol. The molecule has 0 radical (unpaired) electrons. The van der Waals surface area contributed by atoms with Gasteiger partial charge in [0.05, 0.1) is 12.2 Å². The van der Waals surface area contributed by atoms with Crippen LogP contribution in [0, 0.1) is 0 Å². The highest BCUT2D eigenvalue weighted by molar-refractivity contribution is 4.54. The van der Waals surface area contributed by atoms with Crippen LogP contribution in [0.3, 0.4) is 0 Å². The van der Waals surface area contributed by atoms with Crippen molar-refractivity contribution in [1.82, 2.24) is 0 Å². The molecule has 0 fully saturated rings. The molecule has 0 saturated heterocycles. The van der Waals surface area contributed by atoms with E-state index in [1.165, 1.54) is 57.8 Å². The zero-order valence-corrected chi connectivity index (χ0v) is 13.1. The molecular weight excluding hydrogens is 224 g/mol. The van der Waals surface area contributed by atoms with Gasteiger partial charge in [-0.3, -0.25) is 0 Å². The van der Waals surface area contributed by atoms with Gasteiger partial charge in [-0.05, 0) is 27.2 Å². The Morgan fingerprint density at radius 1 is 0.667 bits per heavy atom. The summed E-state index contributed by atoms with van der Waals surface area (Å²) in [6.45, 7) is 9.02. The topological polar surface area (TPSA) is 18.5 Å². The summed E-state index contributed by atoms with van der Waals surface area (Å²) in [6.07, 6.45) is 13.5. The van der Waals surface area contributed by atoms with Gasteiger partial charge in [0.25, 0.3) is 0 Å². The molecule has 0 aromatic rings. The van der Waals surface area contributed by atoms with Crippen molar-refractivity contribution in [3.05, 3.63) is 0 Å². The summed E-state index contributed by atoms with van der Waals surface area (Å²) in [4.78, 5) is 10.4. The fourth-order valence-corrected chi connectivity index (χ4v) is 1.87. The van der Waals surface area contributed by atoms with Gasteiger partial charge in [0.15, 0.2) is 0 Å². The average Bonchev–Trinajstić information content (AvgIpc) is 2.29. The summed E-state index contributed by atoms with van der Waals surface area (Å²) in [5.41, 5.74) is -0.182. The van der Waals surface area contributed by atoms with Gasteiger partial charge in [0.2, 0.25) is 0 Å².